The lowest BCUT2D eigenvalue weighted by atomic mass is 10.1. The SMILES string of the molecule is Cc1ccc(NC(=O)Cn2cnc3c(c2=O)CN(Cc2ccccc2)CC3)cc1. The second-order valence-electron chi connectivity index (χ2n) is 7.46. The zero-order valence-corrected chi connectivity index (χ0v) is 16.5. The smallest absolute Gasteiger partial charge is 0.258 e. The fraction of sp³-hybridized carbons (Fsp3) is 0.261. The molecule has 1 amide bonds. The van der Waals surface area contributed by atoms with E-state index in [4.69, 9.17) is 0 Å². The lowest BCUT2D eigenvalue weighted by molar-refractivity contribution is -0.116. The number of amides is 1. The van der Waals surface area contributed by atoms with Crippen molar-refractivity contribution in [1.29, 1.82) is 0 Å². The molecule has 3 aromatic rings. The van der Waals surface area contributed by atoms with Gasteiger partial charge in [-0.25, -0.2) is 4.98 Å². The van der Waals surface area contributed by atoms with Crippen LogP contribution in [0, 0.1) is 6.92 Å². The number of benzene rings is 2. The molecule has 29 heavy (non-hydrogen) atoms. The number of aromatic nitrogens is 2. The molecule has 0 saturated heterocycles. The standard InChI is InChI=1S/C23H24N4O2/c1-17-7-9-19(10-8-17)25-22(28)15-27-16-24-21-11-12-26(14-20(21)23(27)29)13-18-5-3-2-4-6-18/h2-10,16H,11-15H2,1H3,(H,25,28). The van der Waals surface area contributed by atoms with Crippen LogP contribution in [0.25, 0.3) is 0 Å². The Morgan fingerprint density at radius 2 is 1.86 bits per heavy atom. The molecule has 1 aliphatic heterocycles. The van der Waals surface area contributed by atoms with Crippen LogP contribution in [0.1, 0.15) is 22.4 Å². The van der Waals surface area contributed by atoms with Gasteiger partial charge < -0.3 is 5.32 Å². The second-order valence-corrected chi connectivity index (χ2v) is 7.46. The zero-order chi connectivity index (χ0) is 20.2. The van der Waals surface area contributed by atoms with Gasteiger partial charge in [0.2, 0.25) is 5.91 Å². The number of nitrogens with one attached hydrogen (secondary N) is 1. The van der Waals surface area contributed by atoms with Crippen LogP contribution in [-0.4, -0.2) is 26.9 Å². The summed E-state index contributed by atoms with van der Waals surface area (Å²) in [5, 5.41) is 2.83. The largest absolute Gasteiger partial charge is 0.325 e. The first-order valence-electron chi connectivity index (χ1n) is 9.78. The Hall–Kier alpha value is -3.25. The summed E-state index contributed by atoms with van der Waals surface area (Å²) in [5.41, 5.74) is 4.46. The summed E-state index contributed by atoms with van der Waals surface area (Å²) in [6.45, 7) is 4.15. The summed E-state index contributed by atoms with van der Waals surface area (Å²) in [6, 6.07) is 17.8. The van der Waals surface area contributed by atoms with Crippen molar-refractivity contribution < 1.29 is 4.79 Å². The minimum atomic E-state index is -0.241. The van der Waals surface area contributed by atoms with E-state index in [1.165, 1.54) is 16.5 Å². The highest BCUT2D eigenvalue weighted by molar-refractivity contribution is 5.90. The van der Waals surface area contributed by atoms with Crippen molar-refractivity contribution in [1.82, 2.24) is 14.5 Å². The van der Waals surface area contributed by atoms with Gasteiger partial charge in [0.25, 0.3) is 5.56 Å². The maximum Gasteiger partial charge on any atom is 0.258 e. The third-order valence-electron chi connectivity index (χ3n) is 5.17. The third-order valence-corrected chi connectivity index (χ3v) is 5.17. The Kier molecular flexibility index (Phi) is 5.53. The van der Waals surface area contributed by atoms with E-state index in [0.29, 0.717) is 17.8 Å². The molecule has 0 unspecified atom stereocenters. The molecule has 6 heteroatoms. The van der Waals surface area contributed by atoms with Crippen LogP contribution in [0.3, 0.4) is 0 Å². The molecule has 2 heterocycles. The molecular weight excluding hydrogens is 364 g/mol. The molecule has 0 radical (unpaired) electrons. The number of hydrogen-bond donors (Lipinski definition) is 1. The number of rotatable bonds is 5. The Labute approximate surface area is 169 Å². The van der Waals surface area contributed by atoms with Crippen molar-refractivity contribution in [2.45, 2.75) is 33.0 Å². The lowest BCUT2D eigenvalue weighted by Gasteiger charge is -2.28. The molecule has 0 spiro atoms. The molecule has 0 bridgehead atoms. The quantitative estimate of drug-likeness (QED) is 0.730. The molecule has 4 rings (SSSR count). The van der Waals surface area contributed by atoms with Gasteiger partial charge in [-0.3, -0.25) is 19.1 Å². The first kappa shape index (κ1) is 19.1. The molecule has 2 aromatic carbocycles. The molecule has 6 nitrogen and oxygen atoms in total. The first-order valence-corrected chi connectivity index (χ1v) is 9.78. The predicted molar refractivity (Wildman–Crippen MR) is 113 cm³/mol. The van der Waals surface area contributed by atoms with E-state index in [2.05, 4.69) is 27.3 Å². The maximum absolute atomic E-state index is 13.0. The van der Waals surface area contributed by atoms with Gasteiger partial charge >= 0.3 is 0 Å². The van der Waals surface area contributed by atoms with Gasteiger partial charge in [0.05, 0.1) is 17.6 Å². The highest BCUT2D eigenvalue weighted by Gasteiger charge is 2.22. The van der Waals surface area contributed by atoms with E-state index in [0.717, 1.165) is 30.8 Å². The predicted octanol–water partition coefficient (Wildman–Crippen LogP) is 2.75. The van der Waals surface area contributed by atoms with Crippen LogP contribution in [0.2, 0.25) is 0 Å². The Morgan fingerprint density at radius 3 is 2.62 bits per heavy atom. The van der Waals surface area contributed by atoms with Crippen LogP contribution in [-0.2, 0) is 30.8 Å². The van der Waals surface area contributed by atoms with Gasteiger partial charge in [0.1, 0.15) is 6.54 Å². The third kappa shape index (κ3) is 4.60. The number of aryl methyl sites for hydroxylation is 1. The van der Waals surface area contributed by atoms with E-state index >= 15 is 0 Å². The average molecular weight is 388 g/mol. The van der Waals surface area contributed by atoms with Crippen molar-refractivity contribution in [3.05, 3.63) is 93.7 Å². The molecule has 1 N–H and O–H groups in total. The molecule has 0 saturated carbocycles. The Balaban J connectivity index is 1.46. The number of anilines is 1. The van der Waals surface area contributed by atoms with Gasteiger partial charge in [0.15, 0.2) is 0 Å². The maximum atomic E-state index is 13.0. The summed E-state index contributed by atoms with van der Waals surface area (Å²) < 4.78 is 1.40. The fourth-order valence-corrected chi connectivity index (χ4v) is 3.59. The highest BCUT2D eigenvalue weighted by Crippen LogP contribution is 2.16. The Morgan fingerprint density at radius 1 is 1.10 bits per heavy atom. The van der Waals surface area contributed by atoms with Gasteiger partial charge in [0, 0.05) is 31.7 Å². The van der Waals surface area contributed by atoms with Gasteiger partial charge in [-0.2, -0.15) is 0 Å². The molecular formula is C23H24N4O2. The van der Waals surface area contributed by atoms with Crippen molar-refractivity contribution in [2.24, 2.45) is 0 Å². The van der Waals surface area contributed by atoms with Crippen LogP contribution in [0.5, 0.6) is 0 Å². The number of hydrogen-bond acceptors (Lipinski definition) is 4. The van der Waals surface area contributed by atoms with E-state index in [-0.39, 0.29) is 18.0 Å². The topological polar surface area (TPSA) is 67.2 Å². The van der Waals surface area contributed by atoms with Crippen LogP contribution in [0.15, 0.2) is 65.7 Å². The van der Waals surface area contributed by atoms with Crippen LogP contribution < -0.4 is 10.9 Å². The second kappa shape index (κ2) is 8.41. The summed E-state index contributed by atoms with van der Waals surface area (Å²) in [4.78, 5) is 32.0. The molecule has 1 aliphatic rings. The molecule has 0 fully saturated rings. The van der Waals surface area contributed by atoms with Crippen molar-refractivity contribution in [3.63, 3.8) is 0 Å². The lowest BCUT2D eigenvalue weighted by Crippen LogP contribution is -2.38. The van der Waals surface area contributed by atoms with E-state index in [1.807, 2.05) is 49.4 Å². The summed E-state index contributed by atoms with van der Waals surface area (Å²) in [5.74, 6) is -0.241. The zero-order valence-electron chi connectivity index (χ0n) is 16.5. The van der Waals surface area contributed by atoms with E-state index in [9.17, 15) is 9.59 Å². The summed E-state index contributed by atoms with van der Waals surface area (Å²) in [7, 11) is 0. The van der Waals surface area contributed by atoms with E-state index < -0.39 is 0 Å². The molecule has 0 aliphatic carbocycles. The van der Waals surface area contributed by atoms with Gasteiger partial charge in [-0.05, 0) is 24.6 Å². The first-order chi connectivity index (χ1) is 14.1. The van der Waals surface area contributed by atoms with Crippen molar-refractivity contribution in [3.8, 4) is 0 Å². The molecule has 148 valence electrons. The normalized spacial score (nSPS) is 13.7. The minimum Gasteiger partial charge on any atom is -0.325 e. The van der Waals surface area contributed by atoms with Gasteiger partial charge in [-0.15, -0.1) is 0 Å². The highest BCUT2D eigenvalue weighted by atomic mass is 16.2. The monoisotopic (exact) mass is 388 g/mol. The van der Waals surface area contributed by atoms with Crippen LogP contribution in [0.4, 0.5) is 5.69 Å². The van der Waals surface area contributed by atoms with E-state index in [1.54, 1.807) is 0 Å². The number of carbonyl (C=O) groups excluding carboxylic acids is 1. The summed E-state index contributed by atoms with van der Waals surface area (Å²) in [6.07, 6.45) is 2.23. The molecule has 0 atom stereocenters. The average Bonchev–Trinajstić information content (AvgIpc) is 2.73. The fourth-order valence-electron chi connectivity index (χ4n) is 3.59. The Bertz CT molecular complexity index is 1060. The van der Waals surface area contributed by atoms with Gasteiger partial charge in [-0.1, -0.05) is 48.0 Å². The number of nitrogens with zero attached hydrogens (tertiary/aromatic N) is 3. The minimum absolute atomic E-state index is 0.0499. The van der Waals surface area contributed by atoms with Crippen molar-refractivity contribution >= 4 is 11.6 Å². The van der Waals surface area contributed by atoms with Crippen LogP contribution >= 0.6 is 0 Å². The van der Waals surface area contributed by atoms with Crippen molar-refractivity contribution in [2.75, 3.05) is 11.9 Å². The number of fused-ring (bicyclic) bond motifs is 1. The summed E-state index contributed by atoms with van der Waals surface area (Å²) >= 11 is 0. The number of carbonyl (C=O) groups is 1. The molecule has 1 aromatic heterocycles.